The largest absolute Gasteiger partial charge is 0.416 e. The Kier molecular flexibility index (Phi) is 2.06. The molecule has 5 heteroatoms. The van der Waals surface area contributed by atoms with Gasteiger partial charge >= 0.3 is 6.18 Å². The number of pyridine rings is 1. The number of hydrogen-bond donors (Lipinski definition) is 0. The van der Waals surface area contributed by atoms with Gasteiger partial charge in [0.05, 0.1) is 17.3 Å². The van der Waals surface area contributed by atoms with Crippen LogP contribution < -0.4 is 0 Å². The van der Waals surface area contributed by atoms with Crippen LogP contribution in [0, 0.1) is 6.20 Å². The number of aromatic nitrogens is 1. The molecule has 1 radical (unpaired) electrons. The Morgan fingerprint density at radius 2 is 2.07 bits per heavy atom. The molecular weight excluding hydrogens is 259 g/mol. The maximum Gasteiger partial charge on any atom is 0.416 e. The van der Waals surface area contributed by atoms with Crippen LogP contribution in [0.15, 0.2) is 28.9 Å². The van der Waals surface area contributed by atoms with Crippen LogP contribution in [0.5, 0.6) is 0 Å². The minimum Gasteiger partial charge on any atom is -0.314 e. The van der Waals surface area contributed by atoms with E-state index in [1.807, 2.05) is 0 Å². The molecule has 14 heavy (non-hydrogen) atoms. The number of halogens is 4. The van der Waals surface area contributed by atoms with Crippen LogP contribution in [0.1, 0.15) is 5.56 Å². The fourth-order valence-corrected chi connectivity index (χ4v) is 1.58. The summed E-state index contributed by atoms with van der Waals surface area (Å²) in [4.78, 5) is 0. The number of rotatable bonds is 0. The van der Waals surface area contributed by atoms with Crippen LogP contribution in [-0.4, -0.2) is 4.40 Å². The molecule has 2 aromatic rings. The van der Waals surface area contributed by atoms with Crippen molar-refractivity contribution >= 4 is 21.4 Å². The number of fused-ring (bicyclic) bond motifs is 1. The summed E-state index contributed by atoms with van der Waals surface area (Å²) >= 11 is 3.15. The highest BCUT2D eigenvalue weighted by Gasteiger charge is 2.30. The van der Waals surface area contributed by atoms with E-state index in [2.05, 4.69) is 22.1 Å². The van der Waals surface area contributed by atoms with Crippen LogP contribution in [0.2, 0.25) is 0 Å². The third kappa shape index (κ3) is 1.52. The normalized spacial score (nSPS) is 12.3. The van der Waals surface area contributed by atoms with E-state index in [1.165, 1.54) is 10.6 Å². The van der Waals surface area contributed by atoms with Crippen LogP contribution >= 0.6 is 15.9 Å². The highest BCUT2D eigenvalue weighted by atomic mass is 79.9. The van der Waals surface area contributed by atoms with Crippen molar-refractivity contribution in [2.45, 2.75) is 6.18 Å². The first-order chi connectivity index (χ1) is 6.48. The molecule has 0 bridgehead atoms. The molecule has 73 valence electrons. The molecule has 0 fully saturated rings. The van der Waals surface area contributed by atoms with E-state index in [0.717, 1.165) is 12.1 Å². The van der Waals surface area contributed by atoms with Crippen LogP contribution in [0.3, 0.4) is 0 Å². The van der Waals surface area contributed by atoms with Gasteiger partial charge in [0.25, 0.3) is 0 Å². The molecule has 2 heterocycles. The van der Waals surface area contributed by atoms with Gasteiger partial charge in [0.2, 0.25) is 0 Å². The molecule has 0 N–H and O–H groups in total. The Balaban J connectivity index is 2.66. The van der Waals surface area contributed by atoms with E-state index in [0.29, 0.717) is 9.99 Å². The lowest BCUT2D eigenvalue weighted by Crippen LogP contribution is -2.05. The molecule has 0 aromatic carbocycles. The topological polar surface area (TPSA) is 4.41 Å². The Labute approximate surface area is 86.3 Å². The molecular formula is C9H4BrF3N. The lowest BCUT2D eigenvalue weighted by molar-refractivity contribution is -0.137. The second-order valence-corrected chi connectivity index (χ2v) is 3.64. The van der Waals surface area contributed by atoms with Crippen molar-refractivity contribution < 1.29 is 13.2 Å². The molecule has 0 spiro atoms. The van der Waals surface area contributed by atoms with E-state index in [9.17, 15) is 13.2 Å². The number of nitrogens with zero attached hydrogens (tertiary/aromatic N) is 1. The van der Waals surface area contributed by atoms with Gasteiger partial charge in [0.15, 0.2) is 0 Å². The Morgan fingerprint density at radius 3 is 2.71 bits per heavy atom. The van der Waals surface area contributed by atoms with Crippen molar-refractivity contribution in [3.8, 4) is 0 Å². The van der Waals surface area contributed by atoms with Gasteiger partial charge < -0.3 is 4.40 Å². The van der Waals surface area contributed by atoms with Crippen molar-refractivity contribution in [1.29, 1.82) is 0 Å². The zero-order valence-electron chi connectivity index (χ0n) is 6.77. The Hall–Kier alpha value is -0.970. The first-order valence-electron chi connectivity index (χ1n) is 3.74. The van der Waals surface area contributed by atoms with Crippen molar-refractivity contribution in [1.82, 2.24) is 4.40 Å². The van der Waals surface area contributed by atoms with Crippen molar-refractivity contribution in [3.05, 3.63) is 40.6 Å². The molecule has 0 aliphatic rings. The van der Waals surface area contributed by atoms with E-state index in [-0.39, 0.29) is 0 Å². The molecule has 0 aliphatic carbocycles. The quantitative estimate of drug-likeness (QED) is 0.685. The summed E-state index contributed by atoms with van der Waals surface area (Å²) in [6.45, 7) is 0. The van der Waals surface area contributed by atoms with Crippen LogP contribution in [0.4, 0.5) is 13.2 Å². The van der Waals surface area contributed by atoms with Crippen molar-refractivity contribution in [2.24, 2.45) is 0 Å². The summed E-state index contributed by atoms with van der Waals surface area (Å²) in [6, 6.07) is 3.69. The highest BCUT2D eigenvalue weighted by molar-refractivity contribution is 9.10. The number of alkyl halides is 3. The van der Waals surface area contributed by atoms with Crippen molar-refractivity contribution in [2.75, 3.05) is 0 Å². The average Bonchev–Trinajstić information content (AvgIpc) is 2.46. The van der Waals surface area contributed by atoms with Crippen molar-refractivity contribution in [3.63, 3.8) is 0 Å². The molecule has 0 unspecified atom stereocenters. The SMILES string of the molecule is FC(F)(F)c1ccn2[c]cc(Br)c2c1. The van der Waals surface area contributed by atoms with Gasteiger partial charge in [-0.15, -0.1) is 0 Å². The zero-order chi connectivity index (χ0) is 10.3. The second kappa shape index (κ2) is 3.02. The third-order valence-corrected chi connectivity index (χ3v) is 2.49. The monoisotopic (exact) mass is 262 g/mol. The van der Waals surface area contributed by atoms with E-state index in [4.69, 9.17) is 0 Å². The predicted octanol–water partition coefficient (Wildman–Crippen LogP) is 3.52. The Bertz CT molecular complexity index is 472. The van der Waals surface area contributed by atoms with Gasteiger partial charge in [0.1, 0.15) is 0 Å². The fraction of sp³-hybridized carbons (Fsp3) is 0.111. The van der Waals surface area contributed by atoms with Gasteiger partial charge in [-0.05, 0) is 34.1 Å². The standard InChI is InChI=1S/C9H4BrF3N/c10-7-2-4-14-3-1-6(5-8(7)14)9(11,12)13/h1-3,5H. The summed E-state index contributed by atoms with van der Waals surface area (Å²) in [5, 5.41) is 0. The lowest BCUT2D eigenvalue weighted by atomic mass is 10.2. The molecule has 0 amide bonds. The van der Waals surface area contributed by atoms with Gasteiger partial charge in [-0.1, -0.05) is 0 Å². The fourth-order valence-electron chi connectivity index (χ4n) is 1.17. The summed E-state index contributed by atoms with van der Waals surface area (Å²) in [5.74, 6) is 0. The second-order valence-electron chi connectivity index (χ2n) is 2.79. The zero-order valence-corrected chi connectivity index (χ0v) is 8.35. The van der Waals surface area contributed by atoms with Gasteiger partial charge in [-0.2, -0.15) is 13.2 Å². The maximum atomic E-state index is 12.3. The summed E-state index contributed by atoms with van der Waals surface area (Å²) in [7, 11) is 0. The lowest BCUT2D eigenvalue weighted by Gasteiger charge is -2.06. The van der Waals surface area contributed by atoms with E-state index in [1.54, 1.807) is 6.07 Å². The predicted molar refractivity (Wildman–Crippen MR) is 48.9 cm³/mol. The van der Waals surface area contributed by atoms with Crippen LogP contribution in [-0.2, 0) is 6.18 Å². The van der Waals surface area contributed by atoms with Crippen LogP contribution in [0.25, 0.3) is 5.52 Å². The molecule has 0 aliphatic heterocycles. The first-order valence-corrected chi connectivity index (χ1v) is 4.53. The van der Waals surface area contributed by atoms with E-state index >= 15 is 0 Å². The smallest absolute Gasteiger partial charge is 0.314 e. The third-order valence-electron chi connectivity index (χ3n) is 1.86. The summed E-state index contributed by atoms with van der Waals surface area (Å²) in [5.41, 5.74) is -0.197. The maximum absolute atomic E-state index is 12.3. The molecule has 2 rings (SSSR count). The van der Waals surface area contributed by atoms with Gasteiger partial charge in [-0.3, -0.25) is 0 Å². The minimum absolute atomic E-state index is 0.458. The minimum atomic E-state index is -4.30. The highest BCUT2D eigenvalue weighted by Crippen LogP contribution is 2.31. The van der Waals surface area contributed by atoms with E-state index < -0.39 is 11.7 Å². The summed E-state index contributed by atoms with van der Waals surface area (Å²) in [6.07, 6.45) is -0.195. The number of hydrogen-bond acceptors (Lipinski definition) is 0. The summed E-state index contributed by atoms with van der Waals surface area (Å²) < 4.78 is 39.1. The van der Waals surface area contributed by atoms with Gasteiger partial charge in [0, 0.05) is 10.7 Å². The molecule has 0 saturated heterocycles. The molecule has 2 aromatic heterocycles. The first kappa shape index (κ1) is 9.58. The van der Waals surface area contributed by atoms with Gasteiger partial charge in [-0.25, -0.2) is 0 Å². The molecule has 1 nitrogen and oxygen atoms in total. The molecule has 0 saturated carbocycles. The average molecular weight is 263 g/mol. The Morgan fingerprint density at radius 1 is 1.36 bits per heavy atom. The molecule has 0 atom stereocenters.